The van der Waals surface area contributed by atoms with Gasteiger partial charge < -0.3 is 10.1 Å². The van der Waals surface area contributed by atoms with Crippen molar-refractivity contribution in [2.75, 3.05) is 32.8 Å². The van der Waals surface area contributed by atoms with Gasteiger partial charge in [0.1, 0.15) is 0 Å². The predicted octanol–water partition coefficient (Wildman–Crippen LogP) is 2.88. The van der Waals surface area contributed by atoms with E-state index >= 15 is 0 Å². The smallest absolute Gasteiger partial charge is 0.251 e. The van der Waals surface area contributed by atoms with E-state index < -0.39 is 10.0 Å². The number of sulfonamides is 1. The summed E-state index contributed by atoms with van der Waals surface area (Å²) in [5.41, 5.74) is 1.90. The van der Waals surface area contributed by atoms with Crippen molar-refractivity contribution in [2.45, 2.75) is 51.9 Å². The van der Waals surface area contributed by atoms with E-state index in [1.807, 2.05) is 13.8 Å². The molecule has 0 atom stereocenters. The van der Waals surface area contributed by atoms with Gasteiger partial charge in [-0.2, -0.15) is 4.31 Å². The van der Waals surface area contributed by atoms with Crippen LogP contribution in [0.4, 0.5) is 0 Å². The Morgan fingerprint density at radius 1 is 1.26 bits per heavy atom. The van der Waals surface area contributed by atoms with Crippen molar-refractivity contribution >= 4 is 15.9 Å². The van der Waals surface area contributed by atoms with Gasteiger partial charge in [0.05, 0.1) is 4.90 Å². The number of hydrogen-bond acceptors (Lipinski definition) is 4. The van der Waals surface area contributed by atoms with Crippen LogP contribution in [0.2, 0.25) is 0 Å². The average molecular weight is 397 g/mol. The molecule has 0 radical (unpaired) electrons. The monoisotopic (exact) mass is 396 g/mol. The number of benzene rings is 1. The van der Waals surface area contributed by atoms with E-state index in [0.29, 0.717) is 49.9 Å². The lowest BCUT2D eigenvalue weighted by Crippen LogP contribution is -2.38. The van der Waals surface area contributed by atoms with Gasteiger partial charge in [0.15, 0.2) is 0 Å². The van der Waals surface area contributed by atoms with E-state index in [9.17, 15) is 13.2 Å². The number of carbonyl (C=O) groups is 1. The van der Waals surface area contributed by atoms with Crippen molar-refractivity contribution in [1.29, 1.82) is 0 Å². The van der Waals surface area contributed by atoms with Crippen LogP contribution in [0.5, 0.6) is 0 Å². The number of amides is 1. The quantitative estimate of drug-likeness (QED) is 0.686. The van der Waals surface area contributed by atoms with Crippen molar-refractivity contribution in [3.8, 4) is 0 Å². The number of ether oxygens (including phenoxy) is 1. The summed E-state index contributed by atoms with van der Waals surface area (Å²) in [5, 5.41) is 2.84. The van der Waals surface area contributed by atoms with Crippen LogP contribution in [0.3, 0.4) is 0 Å². The van der Waals surface area contributed by atoms with Crippen molar-refractivity contribution in [1.82, 2.24) is 9.62 Å². The summed E-state index contributed by atoms with van der Waals surface area (Å²) in [5.74, 6) is 0.298. The van der Waals surface area contributed by atoms with E-state index in [1.54, 1.807) is 17.3 Å². The minimum Gasteiger partial charge on any atom is -0.382 e. The molecule has 1 aromatic carbocycles. The van der Waals surface area contributed by atoms with Crippen molar-refractivity contribution in [3.05, 3.63) is 28.8 Å². The molecule has 1 aliphatic heterocycles. The van der Waals surface area contributed by atoms with Crippen LogP contribution < -0.4 is 5.32 Å². The molecule has 27 heavy (non-hydrogen) atoms. The summed E-state index contributed by atoms with van der Waals surface area (Å²) in [7, 11) is -3.59. The molecule has 1 fully saturated rings. The van der Waals surface area contributed by atoms with Gasteiger partial charge in [-0.3, -0.25) is 4.79 Å². The van der Waals surface area contributed by atoms with Gasteiger partial charge in [-0.1, -0.05) is 6.92 Å². The largest absolute Gasteiger partial charge is 0.382 e. The minimum absolute atomic E-state index is 0.247. The molecule has 152 valence electrons. The Morgan fingerprint density at radius 3 is 2.56 bits per heavy atom. The highest BCUT2D eigenvalue weighted by molar-refractivity contribution is 7.89. The number of rotatable bonds is 8. The van der Waals surface area contributed by atoms with Crippen molar-refractivity contribution < 1.29 is 17.9 Å². The molecule has 6 nitrogen and oxygen atoms in total. The fraction of sp³-hybridized carbons (Fsp3) is 0.650. The Labute approximate surface area is 163 Å². The number of hydrogen-bond donors (Lipinski definition) is 1. The summed E-state index contributed by atoms with van der Waals surface area (Å²) in [6.07, 6.45) is 2.47. The van der Waals surface area contributed by atoms with Crippen molar-refractivity contribution in [2.24, 2.45) is 5.92 Å². The second-order valence-electron chi connectivity index (χ2n) is 7.31. The molecule has 0 spiro atoms. The Kier molecular flexibility index (Phi) is 7.82. The molecule has 1 aliphatic rings. The lowest BCUT2D eigenvalue weighted by molar-refractivity contribution is 0.0944. The highest BCUT2D eigenvalue weighted by atomic mass is 32.2. The van der Waals surface area contributed by atoms with Gasteiger partial charge in [0, 0.05) is 38.4 Å². The number of piperidine rings is 1. The van der Waals surface area contributed by atoms with Crippen LogP contribution in [0.15, 0.2) is 17.0 Å². The molecule has 1 amide bonds. The van der Waals surface area contributed by atoms with Gasteiger partial charge in [-0.25, -0.2) is 8.42 Å². The number of aryl methyl sites for hydroxylation is 1. The van der Waals surface area contributed by atoms with Crippen LogP contribution in [-0.4, -0.2) is 51.5 Å². The Hall–Kier alpha value is -1.44. The molecule has 0 bridgehead atoms. The summed E-state index contributed by atoms with van der Waals surface area (Å²) < 4.78 is 33.1. The Balaban J connectivity index is 2.18. The molecule has 1 heterocycles. The van der Waals surface area contributed by atoms with Crippen LogP contribution in [-0.2, 0) is 14.8 Å². The van der Waals surface area contributed by atoms with Gasteiger partial charge in [0.2, 0.25) is 10.0 Å². The van der Waals surface area contributed by atoms with Crippen LogP contribution >= 0.6 is 0 Å². The van der Waals surface area contributed by atoms with E-state index in [-0.39, 0.29) is 10.8 Å². The third-order valence-corrected chi connectivity index (χ3v) is 7.22. The molecule has 1 saturated heterocycles. The molecule has 0 aromatic heterocycles. The molecular formula is C20H32N2O4S. The third-order valence-electron chi connectivity index (χ3n) is 5.20. The lowest BCUT2D eigenvalue weighted by Gasteiger charge is -2.30. The normalized spacial score (nSPS) is 16.4. The molecule has 1 aromatic rings. The molecule has 0 saturated carbocycles. The maximum atomic E-state index is 13.2. The van der Waals surface area contributed by atoms with Crippen LogP contribution in [0.25, 0.3) is 0 Å². The van der Waals surface area contributed by atoms with Crippen LogP contribution in [0.1, 0.15) is 54.6 Å². The van der Waals surface area contributed by atoms with Crippen LogP contribution in [0, 0.1) is 19.8 Å². The zero-order valence-corrected chi connectivity index (χ0v) is 17.7. The van der Waals surface area contributed by atoms with E-state index in [4.69, 9.17) is 4.74 Å². The first-order valence-electron chi connectivity index (χ1n) is 9.74. The summed E-state index contributed by atoms with van der Waals surface area (Å²) in [4.78, 5) is 12.7. The number of nitrogens with one attached hydrogen (secondary N) is 1. The highest BCUT2D eigenvalue weighted by Crippen LogP contribution is 2.28. The number of nitrogens with zero attached hydrogens (tertiary/aromatic N) is 1. The van der Waals surface area contributed by atoms with E-state index in [1.165, 1.54) is 6.07 Å². The molecule has 0 aliphatic carbocycles. The minimum atomic E-state index is -3.59. The van der Waals surface area contributed by atoms with Gasteiger partial charge in [0.25, 0.3) is 5.91 Å². The van der Waals surface area contributed by atoms with Gasteiger partial charge >= 0.3 is 0 Å². The zero-order valence-electron chi connectivity index (χ0n) is 16.9. The second kappa shape index (κ2) is 9.66. The molecule has 2 rings (SSSR count). The topological polar surface area (TPSA) is 75.7 Å². The summed E-state index contributed by atoms with van der Waals surface area (Å²) in [6, 6.07) is 3.28. The number of carbonyl (C=O) groups excluding carboxylic acids is 1. The average Bonchev–Trinajstić information content (AvgIpc) is 2.63. The fourth-order valence-electron chi connectivity index (χ4n) is 3.21. The molecule has 1 N–H and O–H groups in total. The first kappa shape index (κ1) is 21.9. The Morgan fingerprint density at radius 2 is 1.93 bits per heavy atom. The van der Waals surface area contributed by atoms with Crippen molar-refractivity contribution in [3.63, 3.8) is 0 Å². The maximum Gasteiger partial charge on any atom is 0.251 e. The summed E-state index contributed by atoms with van der Waals surface area (Å²) >= 11 is 0. The molecule has 7 heteroatoms. The highest BCUT2D eigenvalue weighted by Gasteiger charge is 2.30. The summed E-state index contributed by atoms with van der Waals surface area (Å²) in [6.45, 7) is 10.5. The van der Waals surface area contributed by atoms with Gasteiger partial charge in [-0.05, 0) is 69.2 Å². The first-order valence-corrected chi connectivity index (χ1v) is 11.2. The predicted molar refractivity (Wildman–Crippen MR) is 107 cm³/mol. The van der Waals surface area contributed by atoms with E-state index in [0.717, 1.165) is 24.8 Å². The third kappa shape index (κ3) is 5.53. The SMILES string of the molecule is CCOCCCNC(=O)c1cc(C)c(C)c(S(=O)(=O)N2CCC(C)CC2)c1. The van der Waals surface area contributed by atoms with Gasteiger partial charge in [-0.15, -0.1) is 0 Å². The first-order chi connectivity index (χ1) is 12.8. The molecular weight excluding hydrogens is 364 g/mol. The fourth-order valence-corrected chi connectivity index (χ4v) is 5.01. The maximum absolute atomic E-state index is 13.2. The zero-order chi connectivity index (χ0) is 20.0. The second-order valence-corrected chi connectivity index (χ2v) is 9.22. The lowest BCUT2D eigenvalue weighted by atomic mass is 10.0. The standard InChI is InChI=1S/C20H32N2O4S/c1-5-26-12-6-9-21-20(23)18-13-16(3)17(4)19(14-18)27(24,25)22-10-7-15(2)8-11-22/h13-15H,5-12H2,1-4H3,(H,21,23). The van der Waals surface area contributed by atoms with E-state index in [2.05, 4.69) is 12.2 Å². The molecule has 0 unspecified atom stereocenters. The Bertz CT molecular complexity index is 753.